The normalized spacial score (nSPS) is 51.7. The zero-order chi connectivity index (χ0) is 17.3. The molecule has 0 aromatic heterocycles. The van der Waals surface area contributed by atoms with Crippen molar-refractivity contribution in [2.24, 2.45) is 5.92 Å². The summed E-state index contributed by atoms with van der Waals surface area (Å²) in [6.45, 7) is 0.394. The van der Waals surface area contributed by atoms with Crippen LogP contribution in [0.15, 0.2) is 0 Å². The molecule has 4 unspecified atom stereocenters. The Bertz CT molecular complexity index is 380. The molecule has 0 saturated carbocycles. The van der Waals surface area contributed by atoms with Gasteiger partial charge in [0.2, 0.25) is 0 Å². The molecule has 7 N–H and O–H groups in total. The molecular weight excluding hydrogens is 316 g/mol. The second-order valence-corrected chi connectivity index (χ2v) is 5.90. The van der Waals surface area contributed by atoms with Gasteiger partial charge in [-0.15, -0.1) is 0 Å². The topological polar surface area (TPSA) is 169 Å². The van der Waals surface area contributed by atoms with Gasteiger partial charge in [0, 0.05) is 5.92 Å². The number of aliphatic hydroxyl groups excluding tert-OH is 7. The van der Waals surface area contributed by atoms with E-state index in [2.05, 4.69) is 0 Å². The lowest BCUT2D eigenvalue weighted by Crippen LogP contribution is -2.63. The van der Waals surface area contributed by atoms with Gasteiger partial charge < -0.3 is 50.0 Å². The smallest absolute Gasteiger partial charge is 0.184 e. The number of aliphatic hydroxyl groups is 7. The Hall–Kier alpha value is -0.400. The monoisotopic (exact) mass is 340 g/mol. The van der Waals surface area contributed by atoms with Crippen LogP contribution in [0.5, 0.6) is 0 Å². The van der Waals surface area contributed by atoms with Crippen LogP contribution in [-0.4, -0.2) is 104 Å². The standard InChI is InChI=1S/C13H24O10/c1-4-7(16)5(2-14)22-13(8(4)17)23-11-9(18)6(3-15)21-12(20)10(11)19/h4-20H,2-3H2,1H3/t4?,5?,6?,7-,8-,9+,10-,11?,12+,13-/m0/s1. The van der Waals surface area contributed by atoms with Crippen molar-refractivity contribution in [1.82, 2.24) is 0 Å². The summed E-state index contributed by atoms with van der Waals surface area (Å²) >= 11 is 0. The Morgan fingerprint density at radius 2 is 1.35 bits per heavy atom. The van der Waals surface area contributed by atoms with Crippen LogP contribution in [0.1, 0.15) is 6.92 Å². The Labute approximate surface area is 132 Å². The van der Waals surface area contributed by atoms with Gasteiger partial charge in [-0.1, -0.05) is 6.92 Å². The van der Waals surface area contributed by atoms with Crippen molar-refractivity contribution >= 4 is 0 Å². The minimum Gasteiger partial charge on any atom is -0.394 e. The average Bonchev–Trinajstić information content (AvgIpc) is 2.54. The lowest BCUT2D eigenvalue weighted by atomic mass is 9.90. The van der Waals surface area contributed by atoms with Gasteiger partial charge in [-0.3, -0.25) is 0 Å². The highest BCUT2D eigenvalue weighted by atomic mass is 16.7. The van der Waals surface area contributed by atoms with Gasteiger partial charge in [-0.05, 0) is 0 Å². The molecule has 2 aliphatic rings. The third-order valence-corrected chi connectivity index (χ3v) is 4.36. The number of rotatable bonds is 4. The molecule has 10 nitrogen and oxygen atoms in total. The first kappa shape index (κ1) is 18.9. The van der Waals surface area contributed by atoms with E-state index in [0.717, 1.165) is 0 Å². The van der Waals surface area contributed by atoms with E-state index in [4.69, 9.17) is 19.3 Å². The molecule has 2 heterocycles. The first-order chi connectivity index (χ1) is 10.8. The van der Waals surface area contributed by atoms with Crippen molar-refractivity contribution in [3.05, 3.63) is 0 Å². The van der Waals surface area contributed by atoms with E-state index >= 15 is 0 Å². The van der Waals surface area contributed by atoms with Crippen LogP contribution in [0.2, 0.25) is 0 Å². The Balaban J connectivity index is 2.11. The van der Waals surface area contributed by atoms with E-state index in [1.165, 1.54) is 6.92 Å². The highest BCUT2D eigenvalue weighted by molar-refractivity contribution is 4.92. The summed E-state index contributed by atoms with van der Waals surface area (Å²) in [4.78, 5) is 0. The van der Waals surface area contributed by atoms with E-state index in [1.54, 1.807) is 0 Å². The van der Waals surface area contributed by atoms with Crippen molar-refractivity contribution in [2.75, 3.05) is 13.2 Å². The summed E-state index contributed by atoms with van der Waals surface area (Å²) in [7, 11) is 0. The van der Waals surface area contributed by atoms with Crippen LogP contribution in [-0.2, 0) is 14.2 Å². The van der Waals surface area contributed by atoms with E-state index in [9.17, 15) is 30.6 Å². The third-order valence-electron chi connectivity index (χ3n) is 4.36. The molecule has 0 spiro atoms. The lowest BCUT2D eigenvalue weighted by molar-refractivity contribution is -0.351. The van der Waals surface area contributed by atoms with Crippen molar-refractivity contribution in [3.63, 3.8) is 0 Å². The van der Waals surface area contributed by atoms with Crippen molar-refractivity contribution in [2.45, 2.75) is 62.2 Å². The Morgan fingerprint density at radius 1 is 0.783 bits per heavy atom. The second kappa shape index (κ2) is 7.66. The van der Waals surface area contributed by atoms with E-state index in [-0.39, 0.29) is 0 Å². The summed E-state index contributed by atoms with van der Waals surface area (Å²) in [5.41, 5.74) is 0. The SMILES string of the molecule is CC1[C@H](O)C(CO)O[C@@H](OC2[C@H](O)C(CO)O[C@@H](O)[C@H]2O)[C@H]1O. The lowest BCUT2D eigenvalue weighted by Gasteiger charge is -2.45. The van der Waals surface area contributed by atoms with Gasteiger partial charge in [0.1, 0.15) is 36.6 Å². The molecule has 0 radical (unpaired) electrons. The zero-order valence-corrected chi connectivity index (χ0v) is 12.5. The summed E-state index contributed by atoms with van der Waals surface area (Å²) in [6.07, 6.45) is -12.2. The first-order valence-electron chi connectivity index (χ1n) is 7.40. The molecule has 0 aromatic carbocycles. The fourth-order valence-corrected chi connectivity index (χ4v) is 2.77. The van der Waals surface area contributed by atoms with E-state index in [0.29, 0.717) is 0 Å². The zero-order valence-electron chi connectivity index (χ0n) is 12.5. The van der Waals surface area contributed by atoms with Gasteiger partial charge >= 0.3 is 0 Å². The van der Waals surface area contributed by atoms with Crippen LogP contribution in [0.3, 0.4) is 0 Å². The molecule has 2 saturated heterocycles. The summed E-state index contributed by atoms with van der Waals surface area (Å²) < 4.78 is 15.5. The van der Waals surface area contributed by atoms with Crippen LogP contribution in [0.25, 0.3) is 0 Å². The molecule has 2 aliphatic heterocycles. The molecule has 2 fully saturated rings. The molecule has 23 heavy (non-hydrogen) atoms. The van der Waals surface area contributed by atoms with E-state index < -0.39 is 74.4 Å². The summed E-state index contributed by atoms with van der Waals surface area (Å²) in [5, 5.41) is 67.9. The predicted octanol–water partition coefficient (Wildman–Crippen LogP) is -4.12. The molecule has 2 rings (SSSR count). The van der Waals surface area contributed by atoms with Crippen LogP contribution >= 0.6 is 0 Å². The van der Waals surface area contributed by atoms with Crippen molar-refractivity contribution in [1.29, 1.82) is 0 Å². The summed E-state index contributed by atoms with van der Waals surface area (Å²) in [6, 6.07) is 0. The van der Waals surface area contributed by atoms with Crippen LogP contribution in [0, 0.1) is 5.92 Å². The average molecular weight is 340 g/mol. The highest BCUT2D eigenvalue weighted by Crippen LogP contribution is 2.30. The third kappa shape index (κ3) is 3.66. The van der Waals surface area contributed by atoms with Crippen molar-refractivity contribution in [3.8, 4) is 0 Å². The number of hydrogen-bond acceptors (Lipinski definition) is 10. The Morgan fingerprint density at radius 3 is 1.91 bits per heavy atom. The molecule has 136 valence electrons. The van der Waals surface area contributed by atoms with Gasteiger partial charge in [-0.25, -0.2) is 0 Å². The maximum absolute atomic E-state index is 10.1. The van der Waals surface area contributed by atoms with E-state index in [1.807, 2.05) is 0 Å². The molecule has 0 amide bonds. The molecule has 0 aliphatic carbocycles. The highest BCUT2D eigenvalue weighted by Gasteiger charge is 2.49. The fraction of sp³-hybridized carbons (Fsp3) is 1.00. The van der Waals surface area contributed by atoms with Gasteiger partial charge in [0.25, 0.3) is 0 Å². The molecule has 10 heteroatoms. The first-order valence-corrected chi connectivity index (χ1v) is 7.40. The number of hydrogen-bond donors (Lipinski definition) is 7. The van der Waals surface area contributed by atoms with Gasteiger partial charge in [-0.2, -0.15) is 0 Å². The molecule has 10 atom stereocenters. The Kier molecular flexibility index (Phi) is 6.30. The summed E-state index contributed by atoms with van der Waals surface area (Å²) in [5.74, 6) is -0.696. The minimum atomic E-state index is -1.70. The maximum atomic E-state index is 10.1. The van der Waals surface area contributed by atoms with Crippen LogP contribution in [0.4, 0.5) is 0 Å². The van der Waals surface area contributed by atoms with Crippen LogP contribution < -0.4 is 0 Å². The fourth-order valence-electron chi connectivity index (χ4n) is 2.77. The molecule has 0 aromatic rings. The molecule has 0 bridgehead atoms. The van der Waals surface area contributed by atoms with Gasteiger partial charge in [0.15, 0.2) is 12.6 Å². The number of ether oxygens (including phenoxy) is 3. The second-order valence-electron chi connectivity index (χ2n) is 5.90. The quantitative estimate of drug-likeness (QED) is 0.267. The largest absolute Gasteiger partial charge is 0.394 e. The maximum Gasteiger partial charge on any atom is 0.184 e. The van der Waals surface area contributed by atoms with Crippen molar-refractivity contribution < 1.29 is 50.0 Å². The predicted molar refractivity (Wildman–Crippen MR) is 71.8 cm³/mol. The minimum absolute atomic E-state index is 0.515. The van der Waals surface area contributed by atoms with Gasteiger partial charge in [0.05, 0.1) is 19.3 Å². The molecular formula is C13H24O10.